The molecule has 1 saturated heterocycles. The summed E-state index contributed by atoms with van der Waals surface area (Å²) in [6, 6.07) is 7.91. The maximum atomic E-state index is 10.7. The number of hydrogen-bond donors (Lipinski definition) is 2. The number of aromatic nitrogens is 7. The lowest BCUT2D eigenvalue weighted by Crippen LogP contribution is -2.54. The molecule has 4 aromatic rings. The third-order valence-corrected chi connectivity index (χ3v) is 5.54. The molecule has 180 valence electrons. The van der Waals surface area contributed by atoms with Gasteiger partial charge in [0, 0.05) is 47.7 Å². The third kappa shape index (κ3) is 4.89. The Morgan fingerprint density at radius 1 is 1.00 bits per heavy atom. The highest BCUT2D eigenvalue weighted by Crippen LogP contribution is 2.31. The summed E-state index contributed by atoms with van der Waals surface area (Å²) in [5, 5.41) is 27.3. The van der Waals surface area contributed by atoms with Gasteiger partial charge in [0.1, 0.15) is 11.4 Å². The average molecular weight is 504 g/mol. The van der Waals surface area contributed by atoms with E-state index >= 15 is 0 Å². The van der Waals surface area contributed by atoms with Crippen molar-refractivity contribution in [2.75, 3.05) is 18.0 Å². The monoisotopic (exact) mass is 503 g/mol. The van der Waals surface area contributed by atoms with E-state index in [1.165, 1.54) is 0 Å². The number of fused-ring (bicyclic) bond motifs is 1. The van der Waals surface area contributed by atoms with Crippen LogP contribution < -0.4 is 10.2 Å². The van der Waals surface area contributed by atoms with E-state index in [2.05, 4.69) is 54.3 Å². The lowest BCUT2D eigenvalue weighted by molar-refractivity contribution is 0.402. The number of anilines is 1. The van der Waals surface area contributed by atoms with Crippen molar-refractivity contribution in [2.45, 2.75) is 39.8 Å². The number of phenolic OH excluding ortho intramolecular Hbond substituents is 1. The first-order valence-corrected chi connectivity index (χ1v) is 10.6. The van der Waals surface area contributed by atoms with Crippen LogP contribution in [0.3, 0.4) is 0 Å². The number of aromatic hydroxyl groups is 1. The minimum absolute atomic E-state index is 0. The average Bonchev–Trinajstić information content (AvgIpc) is 3.18. The number of nitrogens with zero attached hydrogens (tertiary/aromatic N) is 8. The molecular formula is C22H27Cl2N9O. The Morgan fingerprint density at radius 3 is 2.38 bits per heavy atom. The van der Waals surface area contributed by atoms with E-state index in [0.29, 0.717) is 46.5 Å². The Morgan fingerprint density at radius 2 is 1.74 bits per heavy atom. The largest absolute Gasteiger partial charge is 0.507 e. The van der Waals surface area contributed by atoms with Gasteiger partial charge in [0.05, 0.1) is 6.20 Å². The molecule has 0 saturated carbocycles. The molecule has 5 rings (SSSR count). The molecule has 0 amide bonds. The quantitative estimate of drug-likeness (QED) is 0.434. The standard InChI is InChI=1S/C22H25N9O.2ClH/c1-12-7-15(4)31-22(25-12)26-20(29-31)16-5-6-17(19(32)8-16)18-9-23-21(28-27-18)30-10-13(2)24-14(3)11-30;;/h5-9,13-14,24,32H,10-11H2,1-4H3;2*1H/t13-,14+;;. The molecule has 2 atom stereocenters. The van der Waals surface area contributed by atoms with Gasteiger partial charge in [-0.25, -0.2) is 14.5 Å². The highest BCUT2D eigenvalue weighted by Gasteiger charge is 2.23. The molecule has 10 nitrogen and oxygen atoms in total. The van der Waals surface area contributed by atoms with Crippen LogP contribution in [0.15, 0.2) is 30.5 Å². The second-order valence-electron chi connectivity index (χ2n) is 8.44. The minimum Gasteiger partial charge on any atom is -0.507 e. The van der Waals surface area contributed by atoms with Gasteiger partial charge in [-0.2, -0.15) is 4.98 Å². The van der Waals surface area contributed by atoms with E-state index in [0.717, 1.165) is 24.5 Å². The maximum absolute atomic E-state index is 10.7. The minimum atomic E-state index is 0. The third-order valence-electron chi connectivity index (χ3n) is 5.54. The van der Waals surface area contributed by atoms with Crippen molar-refractivity contribution in [1.29, 1.82) is 0 Å². The van der Waals surface area contributed by atoms with Crippen molar-refractivity contribution in [1.82, 2.24) is 40.1 Å². The Labute approximate surface area is 209 Å². The molecule has 4 heterocycles. The van der Waals surface area contributed by atoms with Gasteiger partial charge >= 0.3 is 0 Å². The molecule has 0 spiro atoms. The van der Waals surface area contributed by atoms with Gasteiger partial charge < -0.3 is 15.3 Å². The Hall–Kier alpha value is -3.08. The predicted octanol–water partition coefficient (Wildman–Crippen LogP) is 3.00. The van der Waals surface area contributed by atoms with Gasteiger partial charge in [-0.05, 0) is 45.9 Å². The smallest absolute Gasteiger partial charge is 0.253 e. The second-order valence-corrected chi connectivity index (χ2v) is 8.44. The van der Waals surface area contributed by atoms with Gasteiger partial charge in [0.25, 0.3) is 5.78 Å². The zero-order valence-electron chi connectivity index (χ0n) is 19.3. The molecule has 0 bridgehead atoms. The number of nitrogens with one attached hydrogen (secondary N) is 1. The summed E-state index contributed by atoms with van der Waals surface area (Å²) in [4.78, 5) is 15.5. The fourth-order valence-corrected chi connectivity index (χ4v) is 4.20. The van der Waals surface area contributed by atoms with Gasteiger partial charge in [0.15, 0.2) is 5.82 Å². The van der Waals surface area contributed by atoms with Crippen LogP contribution in [0.1, 0.15) is 25.2 Å². The molecule has 0 unspecified atom stereocenters. The van der Waals surface area contributed by atoms with Gasteiger partial charge in [0.2, 0.25) is 5.95 Å². The topological polar surface area (TPSA) is 117 Å². The number of hydrogen-bond acceptors (Lipinski definition) is 9. The SMILES string of the molecule is Cc1cc(C)n2nc(-c3ccc(-c4cnc(N5C[C@@H](C)N[C@@H](C)C5)nn4)c(O)c3)nc2n1.Cl.Cl. The molecule has 1 fully saturated rings. The summed E-state index contributed by atoms with van der Waals surface area (Å²) in [7, 11) is 0. The molecular weight excluding hydrogens is 477 g/mol. The normalized spacial score (nSPS) is 17.8. The van der Waals surface area contributed by atoms with Crippen molar-refractivity contribution in [3.05, 3.63) is 41.9 Å². The van der Waals surface area contributed by atoms with Crippen LogP contribution >= 0.6 is 24.8 Å². The maximum Gasteiger partial charge on any atom is 0.253 e. The predicted molar refractivity (Wildman–Crippen MR) is 135 cm³/mol. The van der Waals surface area contributed by atoms with E-state index in [4.69, 9.17) is 0 Å². The van der Waals surface area contributed by atoms with E-state index in [9.17, 15) is 5.11 Å². The van der Waals surface area contributed by atoms with Crippen LogP contribution in [0, 0.1) is 13.8 Å². The van der Waals surface area contributed by atoms with Crippen LogP contribution in [0.4, 0.5) is 5.95 Å². The number of benzene rings is 1. The summed E-state index contributed by atoms with van der Waals surface area (Å²) in [5.74, 6) is 1.69. The fraction of sp³-hybridized carbons (Fsp3) is 0.364. The first-order chi connectivity index (χ1) is 15.4. The van der Waals surface area contributed by atoms with Gasteiger partial charge in [-0.1, -0.05) is 6.07 Å². The first kappa shape index (κ1) is 25.5. The van der Waals surface area contributed by atoms with E-state index in [1.807, 2.05) is 26.0 Å². The van der Waals surface area contributed by atoms with Crippen molar-refractivity contribution >= 4 is 36.5 Å². The first-order valence-electron chi connectivity index (χ1n) is 10.6. The Kier molecular flexibility index (Phi) is 7.54. The number of piperazine rings is 1. The van der Waals surface area contributed by atoms with Crippen molar-refractivity contribution in [2.24, 2.45) is 0 Å². The van der Waals surface area contributed by atoms with Crippen molar-refractivity contribution < 1.29 is 5.11 Å². The number of phenols is 1. The Balaban J connectivity index is 0.00000162. The van der Waals surface area contributed by atoms with Gasteiger partial charge in [-0.3, -0.25) is 0 Å². The summed E-state index contributed by atoms with van der Waals surface area (Å²) in [5.41, 5.74) is 3.57. The molecule has 1 aliphatic heterocycles. The zero-order chi connectivity index (χ0) is 22.4. The summed E-state index contributed by atoms with van der Waals surface area (Å²) < 4.78 is 1.69. The zero-order valence-corrected chi connectivity index (χ0v) is 20.9. The lowest BCUT2D eigenvalue weighted by atomic mass is 10.1. The van der Waals surface area contributed by atoms with E-state index < -0.39 is 0 Å². The second kappa shape index (κ2) is 10.0. The highest BCUT2D eigenvalue weighted by molar-refractivity contribution is 5.85. The van der Waals surface area contributed by atoms with Crippen molar-refractivity contribution in [3.8, 4) is 28.4 Å². The van der Waals surface area contributed by atoms with Crippen LogP contribution in [0.25, 0.3) is 28.4 Å². The molecule has 1 aliphatic rings. The fourth-order valence-electron chi connectivity index (χ4n) is 4.20. The van der Waals surface area contributed by atoms with E-state index in [-0.39, 0.29) is 30.6 Å². The number of aryl methyl sites for hydroxylation is 2. The van der Waals surface area contributed by atoms with Crippen LogP contribution in [0.5, 0.6) is 5.75 Å². The summed E-state index contributed by atoms with van der Waals surface area (Å²) in [6.07, 6.45) is 1.65. The number of halogens is 2. The molecule has 2 N–H and O–H groups in total. The van der Waals surface area contributed by atoms with E-state index in [1.54, 1.807) is 22.8 Å². The molecule has 1 aromatic carbocycles. The lowest BCUT2D eigenvalue weighted by Gasteiger charge is -2.35. The Bertz CT molecular complexity index is 1290. The number of rotatable bonds is 3. The molecule has 34 heavy (non-hydrogen) atoms. The highest BCUT2D eigenvalue weighted by atomic mass is 35.5. The molecule has 0 radical (unpaired) electrons. The van der Waals surface area contributed by atoms with Crippen LogP contribution in [-0.2, 0) is 0 Å². The van der Waals surface area contributed by atoms with Crippen molar-refractivity contribution in [3.63, 3.8) is 0 Å². The van der Waals surface area contributed by atoms with Crippen LogP contribution in [0.2, 0.25) is 0 Å². The summed E-state index contributed by atoms with van der Waals surface area (Å²) >= 11 is 0. The van der Waals surface area contributed by atoms with Gasteiger partial charge in [-0.15, -0.1) is 40.1 Å². The van der Waals surface area contributed by atoms with Crippen LogP contribution in [-0.4, -0.2) is 65.0 Å². The molecule has 12 heteroatoms. The molecule has 0 aliphatic carbocycles. The molecule has 3 aromatic heterocycles. The summed E-state index contributed by atoms with van der Waals surface area (Å²) in [6.45, 7) is 9.81.